The summed E-state index contributed by atoms with van der Waals surface area (Å²) in [7, 11) is 0. The van der Waals surface area contributed by atoms with Gasteiger partial charge in [-0.3, -0.25) is 9.78 Å². The maximum atomic E-state index is 14.5. The van der Waals surface area contributed by atoms with Crippen molar-refractivity contribution in [3.8, 4) is 0 Å². The lowest BCUT2D eigenvalue weighted by molar-refractivity contribution is -0.139. The molecule has 5 heterocycles. The second-order valence-corrected chi connectivity index (χ2v) is 9.57. The predicted molar refractivity (Wildman–Crippen MR) is 116 cm³/mol. The molecule has 3 atom stereocenters. The fraction of sp³-hybridized carbons (Fsp3) is 0.545. The van der Waals surface area contributed by atoms with Crippen molar-refractivity contribution in [1.29, 1.82) is 0 Å². The van der Waals surface area contributed by atoms with E-state index in [0.29, 0.717) is 42.5 Å². The zero-order valence-electron chi connectivity index (χ0n) is 17.9. The van der Waals surface area contributed by atoms with E-state index >= 15 is 0 Å². The fourth-order valence-electron chi connectivity index (χ4n) is 5.56. The number of pyridine rings is 1. The molecule has 2 aromatic heterocycles. The Labute approximate surface area is 188 Å². The Morgan fingerprint density at radius 3 is 2.70 bits per heavy atom. The van der Waals surface area contributed by atoms with E-state index < -0.39 is 11.8 Å². The van der Waals surface area contributed by atoms with E-state index in [1.54, 1.807) is 12.3 Å². The molecule has 2 saturated heterocycles. The third-order valence-electron chi connectivity index (χ3n) is 7.73. The number of carbonyl (C=O) groups is 1. The minimum Gasteiger partial charge on any atom is -0.382 e. The molecule has 1 spiro atoms. The lowest BCUT2D eigenvalue weighted by atomic mass is 9.75. The number of hydrogen-bond acceptors (Lipinski definition) is 8. The summed E-state index contributed by atoms with van der Waals surface area (Å²) < 4.78 is 34.5. The molecule has 4 aliphatic rings. The number of alkyl halides is 2. The van der Waals surface area contributed by atoms with Crippen molar-refractivity contribution in [2.75, 3.05) is 42.3 Å². The Morgan fingerprint density at radius 1 is 1.21 bits per heavy atom. The molecule has 0 bridgehead atoms. The normalized spacial score (nSPS) is 29.2. The molecule has 11 heteroatoms. The van der Waals surface area contributed by atoms with Gasteiger partial charge in [-0.05, 0) is 36.8 Å². The summed E-state index contributed by atoms with van der Waals surface area (Å²) >= 11 is 0. The van der Waals surface area contributed by atoms with Crippen molar-refractivity contribution in [3.05, 3.63) is 35.3 Å². The number of amides is 1. The Morgan fingerprint density at radius 2 is 2.00 bits per heavy atom. The average Bonchev–Trinajstić information content (AvgIpc) is 3.45. The molecule has 0 aromatic carbocycles. The van der Waals surface area contributed by atoms with Crippen molar-refractivity contribution in [1.82, 2.24) is 15.0 Å². The molecule has 2 aromatic rings. The van der Waals surface area contributed by atoms with Crippen LogP contribution in [0.1, 0.15) is 47.9 Å². The first-order valence-electron chi connectivity index (χ1n) is 11.2. The largest absolute Gasteiger partial charge is 0.382 e. The zero-order valence-corrected chi connectivity index (χ0v) is 17.9. The molecule has 174 valence electrons. The van der Waals surface area contributed by atoms with Gasteiger partial charge in [-0.15, -0.1) is 0 Å². The van der Waals surface area contributed by atoms with Gasteiger partial charge in [-0.1, -0.05) is 0 Å². The van der Waals surface area contributed by atoms with Crippen LogP contribution in [0, 0.1) is 5.41 Å². The van der Waals surface area contributed by atoms with Crippen LogP contribution < -0.4 is 21.7 Å². The van der Waals surface area contributed by atoms with Gasteiger partial charge in [0.2, 0.25) is 0 Å². The van der Waals surface area contributed by atoms with Gasteiger partial charge in [0.25, 0.3) is 0 Å². The lowest BCUT2D eigenvalue weighted by Gasteiger charge is -2.41. The van der Waals surface area contributed by atoms with Crippen molar-refractivity contribution < 1.29 is 18.3 Å². The highest BCUT2D eigenvalue weighted by molar-refractivity contribution is 6.03. The number of nitrogens with zero attached hydrogens (tertiary/aromatic N) is 4. The van der Waals surface area contributed by atoms with E-state index in [9.17, 15) is 13.6 Å². The zero-order chi connectivity index (χ0) is 23.0. The highest BCUT2D eigenvalue weighted by Crippen LogP contribution is 2.58. The van der Waals surface area contributed by atoms with Gasteiger partial charge in [-0.25, -0.2) is 9.97 Å². The molecule has 0 radical (unpaired) electrons. The first-order valence-corrected chi connectivity index (χ1v) is 11.2. The van der Waals surface area contributed by atoms with E-state index in [0.717, 1.165) is 25.9 Å². The van der Waals surface area contributed by atoms with Crippen LogP contribution >= 0.6 is 0 Å². The van der Waals surface area contributed by atoms with Crippen LogP contribution in [0.25, 0.3) is 0 Å². The fourth-order valence-corrected chi connectivity index (χ4v) is 5.56. The Kier molecular flexibility index (Phi) is 4.41. The standard InChI is InChI=1S/C22H25F2N7O2/c23-22(24)16-11(1-4-27-19(16)30-20(22)32)12-7-13(12)17-18(26)29-15(8-28-17)31-5-2-21(3-6-31)10-33-9-14(21)25/h1,4,8,12-14H,2-3,5-7,9-10,25H2,(H2,26,29)(H,27,30,32)/t12?,13?,14-/m1/s1. The first-order chi connectivity index (χ1) is 15.8. The van der Waals surface area contributed by atoms with Gasteiger partial charge in [0.05, 0.1) is 30.7 Å². The Bertz CT molecular complexity index is 1140. The van der Waals surface area contributed by atoms with Crippen LogP contribution in [-0.2, 0) is 15.5 Å². The molecule has 6 rings (SSSR count). The third-order valence-corrected chi connectivity index (χ3v) is 7.73. The number of carbonyl (C=O) groups excluding carboxylic acids is 1. The predicted octanol–water partition coefficient (Wildman–Crippen LogP) is 1.71. The number of anilines is 3. The molecule has 5 N–H and O–H groups in total. The number of nitrogen functional groups attached to an aromatic ring is 1. The quantitative estimate of drug-likeness (QED) is 0.635. The number of ether oxygens (including phenoxy) is 1. The SMILES string of the molecule is Nc1nc(N2CCC3(CC2)COC[C@H]3N)cnc1C1CC1c1ccnc2c1C(F)(F)C(=O)N2. The summed E-state index contributed by atoms with van der Waals surface area (Å²) in [6.07, 6.45) is 5.62. The molecule has 9 nitrogen and oxygen atoms in total. The molecule has 1 saturated carbocycles. The van der Waals surface area contributed by atoms with Gasteiger partial charge < -0.3 is 26.4 Å². The molecule has 1 amide bonds. The summed E-state index contributed by atoms with van der Waals surface area (Å²) in [6.45, 7) is 2.92. The second kappa shape index (κ2) is 7.04. The number of halogens is 2. The van der Waals surface area contributed by atoms with Gasteiger partial charge in [-0.2, -0.15) is 8.78 Å². The van der Waals surface area contributed by atoms with Gasteiger partial charge in [0.1, 0.15) is 17.5 Å². The van der Waals surface area contributed by atoms with Gasteiger partial charge >= 0.3 is 11.8 Å². The number of aromatic nitrogens is 3. The number of piperidine rings is 1. The summed E-state index contributed by atoms with van der Waals surface area (Å²) in [5.41, 5.74) is 13.3. The molecular formula is C22H25F2N7O2. The minimum absolute atomic E-state index is 0.0414. The highest BCUT2D eigenvalue weighted by atomic mass is 19.3. The summed E-state index contributed by atoms with van der Waals surface area (Å²) in [4.78, 5) is 26.9. The molecule has 2 unspecified atom stereocenters. The van der Waals surface area contributed by atoms with Crippen molar-refractivity contribution in [2.45, 2.75) is 43.1 Å². The maximum absolute atomic E-state index is 14.5. The van der Waals surface area contributed by atoms with E-state index in [2.05, 4.69) is 25.2 Å². The van der Waals surface area contributed by atoms with Crippen LogP contribution in [0.15, 0.2) is 18.5 Å². The number of rotatable bonds is 3. The minimum atomic E-state index is -3.59. The smallest absolute Gasteiger partial charge is 0.353 e. The van der Waals surface area contributed by atoms with Crippen molar-refractivity contribution in [2.24, 2.45) is 11.1 Å². The maximum Gasteiger partial charge on any atom is 0.353 e. The second-order valence-electron chi connectivity index (χ2n) is 9.57. The van der Waals surface area contributed by atoms with Crippen LogP contribution in [0.2, 0.25) is 0 Å². The topological polar surface area (TPSA) is 132 Å². The number of fused-ring (bicyclic) bond motifs is 1. The van der Waals surface area contributed by atoms with Crippen LogP contribution in [0.4, 0.5) is 26.2 Å². The van der Waals surface area contributed by atoms with E-state index in [-0.39, 0.29) is 34.7 Å². The van der Waals surface area contributed by atoms with Crippen LogP contribution in [0.5, 0.6) is 0 Å². The third kappa shape index (κ3) is 3.09. The average molecular weight is 457 g/mol. The Balaban J connectivity index is 1.19. The molecule has 3 fully saturated rings. The number of nitrogens with one attached hydrogen (secondary N) is 1. The van der Waals surface area contributed by atoms with Crippen molar-refractivity contribution in [3.63, 3.8) is 0 Å². The van der Waals surface area contributed by atoms with E-state index in [1.807, 2.05) is 0 Å². The van der Waals surface area contributed by atoms with Gasteiger partial charge in [0.15, 0.2) is 0 Å². The molecular weight excluding hydrogens is 432 g/mol. The van der Waals surface area contributed by atoms with Crippen LogP contribution in [0.3, 0.4) is 0 Å². The van der Waals surface area contributed by atoms with E-state index in [1.165, 1.54) is 6.20 Å². The Hall–Kier alpha value is -2.92. The van der Waals surface area contributed by atoms with Gasteiger partial charge in [0, 0.05) is 36.7 Å². The number of nitrogens with two attached hydrogens (primary N) is 2. The molecule has 1 aliphatic carbocycles. The highest BCUT2D eigenvalue weighted by Gasteiger charge is 2.54. The summed E-state index contributed by atoms with van der Waals surface area (Å²) in [5.74, 6) is -4.31. The number of hydrogen-bond donors (Lipinski definition) is 3. The summed E-state index contributed by atoms with van der Waals surface area (Å²) in [5, 5.41) is 2.17. The molecule has 33 heavy (non-hydrogen) atoms. The monoisotopic (exact) mass is 457 g/mol. The lowest BCUT2D eigenvalue weighted by Crippen LogP contribution is -2.49. The van der Waals surface area contributed by atoms with E-state index in [4.69, 9.17) is 16.2 Å². The molecule has 3 aliphatic heterocycles. The van der Waals surface area contributed by atoms with Crippen LogP contribution in [-0.4, -0.2) is 53.2 Å². The van der Waals surface area contributed by atoms with Crippen molar-refractivity contribution >= 4 is 23.4 Å². The first kappa shape index (κ1) is 20.7. The summed E-state index contributed by atoms with van der Waals surface area (Å²) in [6, 6.07) is 1.62.